The van der Waals surface area contributed by atoms with Gasteiger partial charge in [0.25, 0.3) is 11.1 Å². The van der Waals surface area contributed by atoms with Gasteiger partial charge in [-0.15, -0.1) is 0 Å². The molecular formula is C28H21Cl2F3N2O6S. The third-order valence-electron chi connectivity index (χ3n) is 5.86. The van der Waals surface area contributed by atoms with Gasteiger partial charge in [0, 0.05) is 15.6 Å². The van der Waals surface area contributed by atoms with Crippen molar-refractivity contribution in [1.29, 1.82) is 0 Å². The Morgan fingerprint density at radius 3 is 2.36 bits per heavy atom. The Hall–Kier alpha value is -3.87. The second kappa shape index (κ2) is 13.0. The summed E-state index contributed by atoms with van der Waals surface area (Å²) in [5.74, 6) is -0.908. The van der Waals surface area contributed by atoms with Gasteiger partial charge in [-0.05, 0) is 65.9 Å². The van der Waals surface area contributed by atoms with Gasteiger partial charge in [-0.1, -0.05) is 35.3 Å². The van der Waals surface area contributed by atoms with Gasteiger partial charge in [0.2, 0.25) is 5.91 Å². The van der Waals surface area contributed by atoms with Crippen LogP contribution >= 0.6 is 35.0 Å². The Morgan fingerprint density at radius 2 is 1.69 bits per heavy atom. The highest BCUT2D eigenvalue weighted by molar-refractivity contribution is 8.18. The number of ether oxygens (including phenoxy) is 3. The number of methoxy groups -OCH3 is 2. The van der Waals surface area contributed by atoms with Crippen molar-refractivity contribution in [3.8, 4) is 17.2 Å². The lowest BCUT2D eigenvalue weighted by molar-refractivity contribution is -0.137. The summed E-state index contributed by atoms with van der Waals surface area (Å²) in [5, 5.41) is 2.49. The average Bonchev–Trinajstić information content (AvgIpc) is 3.19. The van der Waals surface area contributed by atoms with Crippen LogP contribution in [0.1, 0.15) is 16.7 Å². The van der Waals surface area contributed by atoms with E-state index in [1.807, 2.05) is 0 Å². The van der Waals surface area contributed by atoms with Gasteiger partial charge in [0.1, 0.15) is 18.9 Å². The molecule has 1 heterocycles. The maximum absolute atomic E-state index is 13.1. The van der Waals surface area contributed by atoms with Crippen LogP contribution in [0.4, 0.5) is 23.7 Å². The molecule has 8 nitrogen and oxygen atoms in total. The summed E-state index contributed by atoms with van der Waals surface area (Å²) in [7, 11) is 2.66. The van der Waals surface area contributed by atoms with E-state index in [4.69, 9.17) is 37.4 Å². The summed E-state index contributed by atoms with van der Waals surface area (Å²) in [5.41, 5.74) is -0.0512. The van der Waals surface area contributed by atoms with Crippen molar-refractivity contribution in [2.45, 2.75) is 12.8 Å². The van der Waals surface area contributed by atoms with E-state index in [1.165, 1.54) is 20.3 Å². The molecule has 220 valence electrons. The highest BCUT2D eigenvalue weighted by Gasteiger charge is 2.37. The zero-order chi connectivity index (χ0) is 30.6. The van der Waals surface area contributed by atoms with Crippen LogP contribution in [0.15, 0.2) is 59.5 Å². The SMILES string of the molecule is COc1ccc(C(F)(F)F)cc1NC(=O)CN1C(=O)S/C(=C\c2ccc(OCc3ccc(Cl)cc3Cl)c(OC)c2)C1=O. The molecule has 0 saturated carbocycles. The van der Waals surface area contributed by atoms with E-state index in [2.05, 4.69) is 5.32 Å². The van der Waals surface area contributed by atoms with Crippen LogP contribution in [-0.2, 0) is 22.4 Å². The number of imide groups is 1. The molecular weight excluding hydrogens is 620 g/mol. The Morgan fingerprint density at radius 1 is 0.976 bits per heavy atom. The van der Waals surface area contributed by atoms with E-state index in [9.17, 15) is 27.6 Å². The number of carbonyl (C=O) groups excluding carboxylic acids is 3. The normalized spacial score (nSPS) is 14.4. The zero-order valence-corrected chi connectivity index (χ0v) is 24.2. The van der Waals surface area contributed by atoms with Crippen molar-refractivity contribution in [3.63, 3.8) is 0 Å². The van der Waals surface area contributed by atoms with Crippen molar-refractivity contribution in [2.24, 2.45) is 0 Å². The van der Waals surface area contributed by atoms with Crippen LogP contribution in [0.5, 0.6) is 17.2 Å². The van der Waals surface area contributed by atoms with Gasteiger partial charge in [0.15, 0.2) is 11.5 Å². The second-order valence-corrected chi connectivity index (χ2v) is 10.5. The molecule has 1 aliphatic heterocycles. The number of amides is 3. The van der Waals surface area contributed by atoms with Gasteiger partial charge in [-0.2, -0.15) is 13.2 Å². The quantitative estimate of drug-likeness (QED) is 0.246. The number of nitrogens with one attached hydrogen (secondary N) is 1. The number of benzene rings is 3. The van der Waals surface area contributed by atoms with E-state index >= 15 is 0 Å². The molecule has 1 saturated heterocycles. The predicted molar refractivity (Wildman–Crippen MR) is 153 cm³/mol. The number of carbonyl (C=O) groups is 3. The monoisotopic (exact) mass is 640 g/mol. The minimum Gasteiger partial charge on any atom is -0.495 e. The number of halogens is 5. The largest absolute Gasteiger partial charge is 0.495 e. The number of hydrogen-bond acceptors (Lipinski definition) is 7. The molecule has 14 heteroatoms. The maximum Gasteiger partial charge on any atom is 0.416 e. The molecule has 0 aliphatic carbocycles. The molecule has 0 atom stereocenters. The summed E-state index contributed by atoms with van der Waals surface area (Å²) in [4.78, 5) is 38.8. The van der Waals surface area contributed by atoms with Crippen LogP contribution in [-0.4, -0.2) is 42.7 Å². The van der Waals surface area contributed by atoms with E-state index < -0.39 is 35.3 Å². The first-order valence-corrected chi connectivity index (χ1v) is 13.5. The number of nitrogens with zero attached hydrogens (tertiary/aromatic N) is 1. The zero-order valence-electron chi connectivity index (χ0n) is 21.9. The molecule has 3 aromatic carbocycles. The molecule has 0 unspecified atom stereocenters. The molecule has 0 bridgehead atoms. The highest BCUT2D eigenvalue weighted by atomic mass is 35.5. The number of anilines is 1. The molecule has 1 N–H and O–H groups in total. The lowest BCUT2D eigenvalue weighted by atomic mass is 10.1. The van der Waals surface area contributed by atoms with Crippen molar-refractivity contribution in [2.75, 3.05) is 26.1 Å². The number of thioether (sulfide) groups is 1. The minimum absolute atomic E-state index is 0.0250. The number of rotatable bonds is 9. The molecule has 4 rings (SSSR count). The minimum atomic E-state index is -4.65. The van der Waals surface area contributed by atoms with Crippen LogP contribution in [0.2, 0.25) is 10.0 Å². The first-order valence-electron chi connectivity index (χ1n) is 11.9. The fraction of sp³-hybridized carbons (Fsp3) is 0.179. The smallest absolute Gasteiger partial charge is 0.416 e. The molecule has 0 spiro atoms. The fourth-order valence-corrected chi connectivity index (χ4v) is 5.09. The third kappa shape index (κ3) is 7.30. The van der Waals surface area contributed by atoms with Gasteiger partial charge < -0.3 is 19.5 Å². The summed E-state index contributed by atoms with van der Waals surface area (Å²) in [6.45, 7) is -0.580. The lowest BCUT2D eigenvalue weighted by Gasteiger charge is -2.16. The van der Waals surface area contributed by atoms with Gasteiger partial charge >= 0.3 is 6.18 Å². The van der Waals surface area contributed by atoms with Crippen molar-refractivity contribution in [1.82, 2.24) is 4.90 Å². The predicted octanol–water partition coefficient (Wildman–Crippen LogP) is 7.28. The Labute approximate surface area is 252 Å². The van der Waals surface area contributed by atoms with Crippen LogP contribution in [0.25, 0.3) is 6.08 Å². The van der Waals surface area contributed by atoms with E-state index in [-0.39, 0.29) is 22.9 Å². The maximum atomic E-state index is 13.1. The molecule has 42 heavy (non-hydrogen) atoms. The van der Waals surface area contributed by atoms with E-state index in [0.717, 1.165) is 12.1 Å². The van der Waals surface area contributed by atoms with E-state index in [1.54, 1.807) is 36.4 Å². The first-order chi connectivity index (χ1) is 19.9. The fourth-order valence-electron chi connectivity index (χ4n) is 3.79. The van der Waals surface area contributed by atoms with Crippen LogP contribution in [0, 0.1) is 0 Å². The second-order valence-electron chi connectivity index (χ2n) is 8.66. The van der Waals surface area contributed by atoms with E-state index in [0.29, 0.717) is 55.4 Å². The van der Waals surface area contributed by atoms with Crippen molar-refractivity contribution in [3.05, 3.63) is 86.2 Å². The topological polar surface area (TPSA) is 94.2 Å². The summed E-state index contributed by atoms with van der Waals surface area (Å²) in [6, 6.07) is 12.4. The first kappa shape index (κ1) is 31.1. The van der Waals surface area contributed by atoms with Crippen LogP contribution < -0.4 is 19.5 Å². The molecule has 3 amide bonds. The number of alkyl halides is 3. The highest BCUT2D eigenvalue weighted by Crippen LogP contribution is 2.37. The molecule has 3 aromatic rings. The summed E-state index contributed by atoms with van der Waals surface area (Å²) >= 11 is 12.7. The Balaban J connectivity index is 1.45. The van der Waals surface area contributed by atoms with Gasteiger partial charge in [-0.3, -0.25) is 19.3 Å². The van der Waals surface area contributed by atoms with Gasteiger partial charge in [0.05, 0.1) is 30.4 Å². The summed E-state index contributed by atoms with van der Waals surface area (Å²) in [6.07, 6.45) is -3.21. The Kier molecular flexibility index (Phi) is 9.60. The van der Waals surface area contributed by atoms with Crippen molar-refractivity contribution >= 4 is 63.8 Å². The third-order valence-corrected chi connectivity index (χ3v) is 7.35. The number of hydrogen-bond donors (Lipinski definition) is 1. The standard InChI is InChI=1S/C28H21Cl2F3N2O6S/c1-39-21-8-5-17(28(31,32)33)11-20(21)34-25(36)13-35-26(37)24(42-27(35)38)10-15-3-7-22(23(9-15)40-2)41-14-16-4-6-18(29)12-19(16)30/h3-12H,13-14H2,1-2H3,(H,34,36)/b24-10-. The van der Waals surface area contributed by atoms with Crippen LogP contribution in [0.3, 0.4) is 0 Å². The molecule has 0 aromatic heterocycles. The van der Waals surface area contributed by atoms with Gasteiger partial charge in [-0.25, -0.2) is 0 Å². The molecule has 1 aliphatic rings. The summed E-state index contributed by atoms with van der Waals surface area (Å²) < 4.78 is 55.6. The molecule has 0 radical (unpaired) electrons. The van der Waals surface area contributed by atoms with Crippen molar-refractivity contribution < 1.29 is 41.8 Å². The average molecular weight is 641 g/mol. The molecule has 1 fully saturated rings. The lowest BCUT2D eigenvalue weighted by Crippen LogP contribution is -2.36. The Bertz CT molecular complexity index is 1580.